The molecule has 2 atom stereocenters. The van der Waals surface area contributed by atoms with Crippen molar-refractivity contribution in [1.82, 2.24) is 4.90 Å². The van der Waals surface area contributed by atoms with Gasteiger partial charge in [-0.3, -0.25) is 9.69 Å². The minimum Gasteiger partial charge on any atom is -0.508 e. The summed E-state index contributed by atoms with van der Waals surface area (Å²) in [4.78, 5) is 14.9. The van der Waals surface area contributed by atoms with Crippen molar-refractivity contribution in [3.05, 3.63) is 29.3 Å². The number of carbonyl (C=O) groups is 1. The molecule has 1 aromatic carbocycles. The van der Waals surface area contributed by atoms with E-state index in [4.69, 9.17) is 0 Å². The summed E-state index contributed by atoms with van der Waals surface area (Å²) in [7, 11) is 0. The fourth-order valence-electron chi connectivity index (χ4n) is 4.79. The molecule has 1 N–H and O–H groups in total. The third-order valence-electron chi connectivity index (χ3n) is 6.26. The normalized spacial score (nSPS) is 30.0. The molecule has 0 amide bonds. The Morgan fingerprint density at radius 3 is 2.96 bits per heavy atom. The monoisotopic (exact) mass is 313 g/mol. The van der Waals surface area contributed by atoms with E-state index >= 15 is 0 Å². The van der Waals surface area contributed by atoms with Gasteiger partial charge in [0.1, 0.15) is 11.5 Å². The zero-order chi connectivity index (χ0) is 16.0. The maximum absolute atomic E-state index is 12.3. The number of ketones is 1. The number of nitrogens with zero attached hydrogens (tertiary/aromatic N) is 1. The molecule has 1 heterocycles. The summed E-state index contributed by atoms with van der Waals surface area (Å²) in [5, 5.41) is 9.98. The van der Waals surface area contributed by atoms with Gasteiger partial charge in [-0.15, -0.1) is 0 Å². The molecular formula is C20H27NO2. The molecule has 3 nitrogen and oxygen atoms in total. The Balaban J connectivity index is 1.68. The number of hydrogen-bond donors (Lipinski definition) is 1. The first kappa shape index (κ1) is 15.2. The molecule has 3 heteroatoms. The highest BCUT2D eigenvalue weighted by molar-refractivity contribution is 5.80. The number of carbonyl (C=O) groups excluding carboxylic acids is 1. The number of rotatable bonds is 5. The van der Waals surface area contributed by atoms with Crippen LogP contribution in [-0.2, 0) is 16.6 Å². The molecule has 1 saturated heterocycles. The van der Waals surface area contributed by atoms with Crippen LogP contribution >= 0.6 is 0 Å². The number of Topliss-reactive ketones (excluding diaryl/α,β-unsaturated/α-hetero) is 1. The Morgan fingerprint density at radius 2 is 2.22 bits per heavy atom. The van der Waals surface area contributed by atoms with Crippen LogP contribution in [0.2, 0.25) is 0 Å². The fraction of sp³-hybridized carbons (Fsp3) is 0.650. The minimum atomic E-state index is -0.0376. The maximum Gasteiger partial charge on any atom is 0.133 e. The quantitative estimate of drug-likeness (QED) is 0.905. The van der Waals surface area contributed by atoms with E-state index in [0.29, 0.717) is 30.4 Å². The van der Waals surface area contributed by atoms with Crippen molar-refractivity contribution in [2.45, 2.75) is 63.3 Å². The first-order chi connectivity index (χ1) is 11.1. The second-order valence-electron chi connectivity index (χ2n) is 7.94. The van der Waals surface area contributed by atoms with Crippen molar-refractivity contribution >= 4 is 5.78 Å². The van der Waals surface area contributed by atoms with E-state index in [1.54, 1.807) is 6.07 Å². The fourth-order valence-corrected chi connectivity index (χ4v) is 4.79. The number of phenolic OH excluding ortho intramolecular Hbond substituents is 1. The third kappa shape index (κ3) is 2.80. The van der Waals surface area contributed by atoms with Crippen LogP contribution < -0.4 is 0 Å². The molecule has 3 aliphatic rings. The molecule has 0 radical (unpaired) electrons. The first-order valence-corrected chi connectivity index (χ1v) is 9.18. The van der Waals surface area contributed by atoms with Crippen molar-refractivity contribution < 1.29 is 9.90 Å². The first-order valence-electron chi connectivity index (χ1n) is 9.18. The van der Waals surface area contributed by atoms with Crippen molar-refractivity contribution in [1.29, 1.82) is 0 Å². The molecule has 2 aliphatic carbocycles. The highest BCUT2D eigenvalue weighted by Gasteiger charge is 2.47. The number of piperidine rings is 1. The summed E-state index contributed by atoms with van der Waals surface area (Å²) in [6.45, 7) is 4.31. The average molecular weight is 313 g/mol. The lowest BCUT2D eigenvalue weighted by atomic mass is 9.61. The number of aromatic hydroxyl groups is 1. The van der Waals surface area contributed by atoms with Gasteiger partial charge in [0, 0.05) is 30.8 Å². The Labute approximate surface area is 138 Å². The second-order valence-corrected chi connectivity index (χ2v) is 7.94. The van der Waals surface area contributed by atoms with Gasteiger partial charge >= 0.3 is 0 Å². The van der Waals surface area contributed by atoms with Gasteiger partial charge in [-0.1, -0.05) is 13.0 Å². The van der Waals surface area contributed by atoms with Crippen LogP contribution in [0, 0.1) is 5.92 Å². The van der Waals surface area contributed by atoms with Crippen LogP contribution in [-0.4, -0.2) is 34.9 Å². The smallest absolute Gasteiger partial charge is 0.133 e. The number of phenols is 1. The molecule has 0 spiro atoms. The lowest BCUT2D eigenvalue weighted by Crippen LogP contribution is -2.54. The van der Waals surface area contributed by atoms with Gasteiger partial charge in [-0.2, -0.15) is 0 Å². The van der Waals surface area contributed by atoms with Crippen LogP contribution in [0.1, 0.15) is 56.6 Å². The van der Waals surface area contributed by atoms with Gasteiger partial charge in [-0.05, 0) is 67.8 Å². The standard InChI is InChI=1S/C20H27NO2/c1-2-17(22)12-20-7-8-21(13-14-3-4-14)16(11-20)9-15-5-6-18(23)10-19(15)20/h5-6,10,14,16,23H,2-4,7-9,11-13H2,1H3/t16?,20-/m1/s1. The van der Waals surface area contributed by atoms with Crippen LogP contribution in [0.25, 0.3) is 0 Å². The van der Waals surface area contributed by atoms with E-state index in [9.17, 15) is 9.90 Å². The van der Waals surface area contributed by atoms with E-state index in [1.807, 2.05) is 13.0 Å². The zero-order valence-corrected chi connectivity index (χ0v) is 14.1. The summed E-state index contributed by atoms with van der Waals surface area (Å²) >= 11 is 0. The van der Waals surface area contributed by atoms with E-state index in [1.165, 1.54) is 30.5 Å². The molecule has 2 fully saturated rings. The van der Waals surface area contributed by atoms with Crippen molar-refractivity contribution in [3.8, 4) is 5.75 Å². The Hall–Kier alpha value is -1.35. The van der Waals surface area contributed by atoms with E-state index < -0.39 is 0 Å². The van der Waals surface area contributed by atoms with E-state index in [2.05, 4.69) is 11.0 Å². The van der Waals surface area contributed by atoms with Gasteiger partial charge in [0.05, 0.1) is 0 Å². The molecular weight excluding hydrogens is 286 g/mol. The highest BCUT2D eigenvalue weighted by Crippen LogP contribution is 2.49. The minimum absolute atomic E-state index is 0.0376. The largest absolute Gasteiger partial charge is 0.508 e. The van der Waals surface area contributed by atoms with Gasteiger partial charge < -0.3 is 5.11 Å². The molecule has 1 aromatic rings. The van der Waals surface area contributed by atoms with Gasteiger partial charge in [0.25, 0.3) is 0 Å². The SMILES string of the molecule is CCC(=O)C[C@]12CCN(CC3CC3)C(Cc3ccc(O)cc31)C2. The van der Waals surface area contributed by atoms with Crippen LogP contribution in [0.15, 0.2) is 18.2 Å². The number of likely N-dealkylation sites (tertiary alicyclic amines) is 1. The average Bonchev–Trinajstić information content (AvgIpc) is 3.35. The predicted molar refractivity (Wildman–Crippen MR) is 90.7 cm³/mol. The lowest BCUT2D eigenvalue weighted by Gasteiger charge is -2.51. The number of benzene rings is 1. The Morgan fingerprint density at radius 1 is 1.39 bits per heavy atom. The van der Waals surface area contributed by atoms with Crippen LogP contribution in [0.3, 0.4) is 0 Å². The lowest BCUT2D eigenvalue weighted by molar-refractivity contribution is -0.120. The molecule has 23 heavy (non-hydrogen) atoms. The molecule has 4 rings (SSSR count). The summed E-state index contributed by atoms with van der Waals surface area (Å²) in [6.07, 6.45) is 7.27. The summed E-state index contributed by atoms with van der Waals surface area (Å²) in [5.41, 5.74) is 2.56. The second kappa shape index (κ2) is 5.62. The van der Waals surface area contributed by atoms with Gasteiger partial charge in [0.15, 0.2) is 0 Å². The molecule has 124 valence electrons. The maximum atomic E-state index is 12.3. The molecule has 1 saturated carbocycles. The van der Waals surface area contributed by atoms with Crippen molar-refractivity contribution in [2.75, 3.05) is 13.1 Å². The van der Waals surface area contributed by atoms with Gasteiger partial charge in [-0.25, -0.2) is 0 Å². The summed E-state index contributed by atoms with van der Waals surface area (Å²) in [6, 6.07) is 6.40. The molecule has 1 unspecified atom stereocenters. The Kier molecular flexibility index (Phi) is 3.72. The predicted octanol–water partition coefficient (Wildman–Crippen LogP) is 3.43. The zero-order valence-electron chi connectivity index (χ0n) is 14.1. The van der Waals surface area contributed by atoms with Crippen LogP contribution in [0.4, 0.5) is 0 Å². The number of fused-ring (bicyclic) bond motifs is 4. The van der Waals surface area contributed by atoms with E-state index in [0.717, 1.165) is 31.7 Å². The summed E-state index contributed by atoms with van der Waals surface area (Å²) < 4.78 is 0. The molecule has 2 bridgehead atoms. The molecule has 0 aromatic heterocycles. The van der Waals surface area contributed by atoms with Crippen molar-refractivity contribution in [2.24, 2.45) is 5.92 Å². The number of hydrogen-bond acceptors (Lipinski definition) is 3. The van der Waals surface area contributed by atoms with Crippen molar-refractivity contribution in [3.63, 3.8) is 0 Å². The third-order valence-corrected chi connectivity index (χ3v) is 6.26. The topological polar surface area (TPSA) is 40.5 Å². The van der Waals surface area contributed by atoms with E-state index in [-0.39, 0.29) is 5.41 Å². The van der Waals surface area contributed by atoms with Gasteiger partial charge in [0.2, 0.25) is 0 Å². The molecule has 1 aliphatic heterocycles. The summed E-state index contributed by atoms with van der Waals surface area (Å²) in [5.74, 6) is 1.61. The van der Waals surface area contributed by atoms with Crippen LogP contribution in [0.5, 0.6) is 5.75 Å². The highest BCUT2D eigenvalue weighted by atomic mass is 16.3. The Bertz CT molecular complexity index is 622.